The van der Waals surface area contributed by atoms with Crippen LogP contribution in [0.1, 0.15) is 5.56 Å². The van der Waals surface area contributed by atoms with E-state index in [0.717, 1.165) is 0 Å². The van der Waals surface area contributed by atoms with Gasteiger partial charge in [0.1, 0.15) is 6.54 Å². The van der Waals surface area contributed by atoms with Gasteiger partial charge in [-0.15, -0.1) is 0 Å². The lowest BCUT2D eigenvalue weighted by Crippen LogP contribution is -2.37. The monoisotopic (exact) mass is 376 g/mol. The molecule has 4 N–H and O–H groups in total. The SMILES string of the molecule is COc1cc(/C=N/NC(=O)CNC(=O)Nc2cccc(Cl)c2)ccc1O. The molecule has 3 amide bonds. The summed E-state index contributed by atoms with van der Waals surface area (Å²) >= 11 is 5.82. The molecule has 0 unspecified atom stereocenters. The molecule has 26 heavy (non-hydrogen) atoms. The molecule has 0 saturated carbocycles. The lowest BCUT2D eigenvalue weighted by molar-refractivity contribution is -0.120. The van der Waals surface area contributed by atoms with Crippen LogP contribution in [0.15, 0.2) is 47.6 Å². The number of halogens is 1. The van der Waals surface area contributed by atoms with Gasteiger partial charge >= 0.3 is 6.03 Å². The van der Waals surface area contributed by atoms with Gasteiger partial charge < -0.3 is 20.5 Å². The van der Waals surface area contributed by atoms with Crippen LogP contribution in [0.2, 0.25) is 5.02 Å². The molecule has 0 fully saturated rings. The fourth-order valence-electron chi connectivity index (χ4n) is 1.89. The number of amides is 3. The number of carbonyl (C=O) groups excluding carboxylic acids is 2. The standard InChI is InChI=1S/C17H17ClN4O4/c1-26-15-7-11(5-6-14(15)23)9-20-22-16(24)10-19-17(25)21-13-4-2-3-12(18)8-13/h2-9,23H,10H2,1H3,(H,22,24)(H2,19,21,25)/b20-9+. The Morgan fingerprint density at radius 2 is 2.08 bits per heavy atom. The first-order chi connectivity index (χ1) is 12.5. The molecule has 8 nitrogen and oxygen atoms in total. The first-order valence-corrected chi connectivity index (χ1v) is 7.85. The van der Waals surface area contributed by atoms with Crippen molar-refractivity contribution < 1.29 is 19.4 Å². The van der Waals surface area contributed by atoms with Gasteiger partial charge in [0.05, 0.1) is 13.3 Å². The van der Waals surface area contributed by atoms with E-state index in [9.17, 15) is 14.7 Å². The Labute approximate surface area is 154 Å². The van der Waals surface area contributed by atoms with Gasteiger partial charge in [0.25, 0.3) is 5.91 Å². The van der Waals surface area contributed by atoms with Crippen LogP contribution in [-0.4, -0.2) is 36.9 Å². The number of aromatic hydroxyl groups is 1. The van der Waals surface area contributed by atoms with Crippen molar-refractivity contribution in [3.05, 3.63) is 53.1 Å². The van der Waals surface area contributed by atoms with E-state index in [2.05, 4.69) is 21.2 Å². The van der Waals surface area contributed by atoms with Crippen molar-refractivity contribution in [1.82, 2.24) is 10.7 Å². The predicted octanol–water partition coefficient (Wildman–Crippen LogP) is 2.33. The number of urea groups is 1. The van der Waals surface area contributed by atoms with Crippen molar-refractivity contribution in [2.24, 2.45) is 5.10 Å². The van der Waals surface area contributed by atoms with E-state index >= 15 is 0 Å². The Kier molecular flexibility index (Phi) is 6.81. The normalized spacial score (nSPS) is 10.4. The second kappa shape index (κ2) is 9.28. The topological polar surface area (TPSA) is 112 Å². The Morgan fingerprint density at radius 3 is 2.81 bits per heavy atom. The molecule has 0 saturated heterocycles. The molecule has 0 bridgehead atoms. The summed E-state index contributed by atoms with van der Waals surface area (Å²) < 4.78 is 4.97. The van der Waals surface area contributed by atoms with Gasteiger partial charge in [0, 0.05) is 10.7 Å². The summed E-state index contributed by atoms with van der Waals surface area (Å²) in [4.78, 5) is 23.4. The Bertz CT molecular complexity index is 826. The minimum absolute atomic E-state index is 0.00333. The first-order valence-electron chi connectivity index (χ1n) is 7.47. The van der Waals surface area contributed by atoms with Crippen molar-refractivity contribution >= 4 is 35.4 Å². The summed E-state index contributed by atoms with van der Waals surface area (Å²) in [6.45, 7) is -0.261. The van der Waals surface area contributed by atoms with Crippen LogP contribution in [-0.2, 0) is 4.79 Å². The number of benzene rings is 2. The van der Waals surface area contributed by atoms with Gasteiger partial charge in [-0.25, -0.2) is 10.2 Å². The van der Waals surface area contributed by atoms with Crippen LogP contribution in [0, 0.1) is 0 Å². The lowest BCUT2D eigenvalue weighted by atomic mass is 10.2. The zero-order chi connectivity index (χ0) is 18.9. The second-order valence-electron chi connectivity index (χ2n) is 5.04. The molecule has 136 valence electrons. The highest BCUT2D eigenvalue weighted by molar-refractivity contribution is 6.30. The third kappa shape index (κ3) is 5.99. The number of hydrogen-bond donors (Lipinski definition) is 4. The molecule has 0 aromatic heterocycles. The van der Waals surface area contributed by atoms with E-state index in [1.807, 2.05) is 0 Å². The smallest absolute Gasteiger partial charge is 0.319 e. The molecule has 0 aliphatic carbocycles. The number of rotatable bonds is 6. The maximum Gasteiger partial charge on any atom is 0.319 e. The zero-order valence-corrected chi connectivity index (χ0v) is 14.6. The van der Waals surface area contributed by atoms with E-state index in [4.69, 9.17) is 16.3 Å². The summed E-state index contributed by atoms with van der Waals surface area (Å²) in [5, 5.41) is 18.7. The minimum atomic E-state index is -0.547. The molecule has 2 aromatic carbocycles. The molecule has 2 rings (SSSR count). The fourth-order valence-corrected chi connectivity index (χ4v) is 2.09. The van der Waals surface area contributed by atoms with Gasteiger partial charge in [-0.1, -0.05) is 17.7 Å². The number of phenolic OH excluding ortho intramolecular Hbond substituents is 1. The summed E-state index contributed by atoms with van der Waals surface area (Å²) in [7, 11) is 1.43. The Hall–Kier alpha value is -3.26. The molecule has 0 aliphatic rings. The molecular formula is C17H17ClN4O4. The summed E-state index contributed by atoms with van der Waals surface area (Å²) in [5.74, 6) is -0.212. The van der Waals surface area contributed by atoms with Gasteiger partial charge in [0.15, 0.2) is 11.5 Å². The summed E-state index contributed by atoms with van der Waals surface area (Å²) in [5.41, 5.74) is 3.40. The largest absolute Gasteiger partial charge is 0.504 e. The number of methoxy groups -OCH3 is 1. The second-order valence-corrected chi connectivity index (χ2v) is 5.48. The number of phenols is 1. The summed E-state index contributed by atoms with van der Waals surface area (Å²) in [6.07, 6.45) is 1.38. The molecule has 0 spiro atoms. The number of nitrogens with one attached hydrogen (secondary N) is 3. The van der Waals surface area contributed by atoms with E-state index in [1.54, 1.807) is 36.4 Å². The number of nitrogens with zero attached hydrogens (tertiary/aromatic N) is 1. The average molecular weight is 377 g/mol. The first kappa shape index (κ1) is 19.1. The van der Waals surface area contributed by atoms with Crippen molar-refractivity contribution in [3.63, 3.8) is 0 Å². The zero-order valence-electron chi connectivity index (χ0n) is 13.8. The van der Waals surface area contributed by atoms with Gasteiger partial charge in [0.2, 0.25) is 0 Å². The van der Waals surface area contributed by atoms with Crippen LogP contribution in [0.25, 0.3) is 0 Å². The van der Waals surface area contributed by atoms with Crippen molar-refractivity contribution in [3.8, 4) is 11.5 Å². The third-order valence-electron chi connectivity index (χ3n) is 3.10. The Balaban J connectivity index is 1.77. The molecular weight excluding hydrogens is 360 g/mol. The van der Waals surface area contributed by atoms with E-state index in [0.29, 0.717) is 22.0 Å². The maximum absolute atomic E-state index is 11.7. The molecule has 0 aliphatic heterocycles. The fraction of sp³-hybridized carbons (Fsp3) is 0.118. The molecule has 0 atom stereocenters. The number of ether oxygens (including phenoxy) is 1. The van der Waals surface area contributed by atoms with Crippen LogP contribution in [0.3, 0.4) is 0 Å². The lowest BCUT2D eigenvalue weighted by Gasteiger charge is -2.07. The van der Waals surface area contributed by atoms with Crippen molar-refractivity contribution in [2.45, 2.75) is 0 Å². The predicted molar refractivity (Wildman–Crippen MR) is 98.9 cm³/mol. The van der Waals surface area contributed by atoms with E-state index < -0.39 is 11.9 Å². The molecule has 2 aromatic rings. The number of carbonyl (C=O) groups is 2. The summed E-state index contributed by atoms with van der Waals surface area (Å²) in [6, 6.07) is 10.7. The van der Waals surface area contributed by atoms with Crippen LogP contribution < -0.4 is 20.8 Å². The Morgan fingerprint density at radius 1 is 1.27 bits per heavy atom. The molecule has 0 radical (unpaired) electrons. The molecule has 0 heterocycles. The van der Waals surface area contributed by atoms with E-state index in [-0.39, 0.29) is 12.3 Å². The highest BCUT2D eigenvalue weighted by atomic mass is 35.5. The van der Waals surface area contributed by atoms with Gasteiger partial charge in [-0.2, -0.15) is 5.10 Å². The molecule has 9 heteroatoms. The highest BCUT2D eigenvalue weighted by Crippen LogP contribution is 2.25. The van der Waals surface area contributed by atoms with Crippen LogP contribution >= 0.6 is 11.6 Å². The van der Waals surface area contributed by atoms with E-state index in [1.165, 1.54) is 19.4 Å². The van der Waals surface area contributed by atoms with Crippen molar-refractivity contribution in [1.29, 1.82) is 0 Å². The van der Waals surface area contributed by atoms with Crippen LogP contribution in [0.4, 0.5) is 10.5 Å². The maximum atomic E-state index is 11.7. The number of hydrogen-bond acceptors (Lipinski definition) is 5. The number of hydrazone groups is 1. The number of anilines is 1. The highest BCUT2D eigenvalue weighted by Gasteiger charge is 2.05. The van der Waals surface area contributed by atoms with Crippen LogP contribution in [0.5, 0.6) is 11.5 Å². The van der Waals surface area contributed by atoms with Gasteiger partial charge in [-0.3, -0.25) is 4.79 Å². The third-order valence-corrected chi connectivity index (χ3v) is 3.33. The minimum Gasteiger partial charge on any atom is -0.504 e. The van der Waals surface area contributed by atoms with Crippen molar-refractivity contribution in [2.75, 3.05) is 19.0 Å². The average Bonchev–Trinajstić information content (AvgIpc) is 2.61. The van der Waals surface area contributed by atoms with Gasteiger partial charge in [-0.05, 0) is 42.0 Å². The quantitative estimate of drug-likeness (QED) is 0.458.